The topological polar surface area (TPSA) is 49.3 Å². The van der Waals surface area contributed by atoms with Crippen molar-refractivity contribution >= 4 is 5.97 Å². The molecule has 0 amide bonds. The third kappa shape index (κ3) is 1.85. The summed E-state index contributed by atoms with van der Waals surface area (Å²) in [4.78, 5) is 10.7. The number of carboxylic acid groups (broad SMARTS) is 1. The van der Waals surface area contributed by atoms with Gasteiger partial charge in [-0.05, 0) is 24.8 Å². The molecule has 1 saturated heterocycles. The Hall–Kier alpha value is -0.570. The Kier molecular flexibility index (Phi) is 2.54. The van der Waals surface area contributed by atoms with Crippen molar-refractivity contribution in [3.8, 4) is 0 Å². The SMILES string of the molecule is O=C(O)C1CC(C2CCCC2)CN1. The third-order valence-electron chi connectivity index (χ3n) is 3.53. The van der Waals surface area contributed by atoms with Crippen LogP contribution in [0.4, 0.5) is 0 Å². The molecule has 0 aromatic heterocycles. The van der Waals surface area contributed by atoms with Crippen molar-refractivity contribution in [1.29, 1.82) is 0 Å². The lowest BCUT2D eigenvalue weighted by Crippen LogP contribution is -2.29. The second kappa shape index (κ2) is 3.66. The van der Waals surface area contributed by atoms with Crippen LogP contribution in [-0.2, 0) is 4.79 Å². The largest absolute Gasteiger partial charge is 0.480 e. The normalized spacial score (nSPS) is 35.4. The summed E-state index contributed by atoms with van der Waals surface area (Å²) in [5, 5.41) is 11.9. The van der Waals surface area contributed by atoms with Crippen molar-refractivity contribution in [1.82, 2.24) is 5.32 Å². The summed E-state index contributed by atoms with van der Waals surface area (Å²) in [6.45, 7) is 0.918. The molecule has 13 heavy (non-hydrogen) atoms. The minimum absolute atomic E-state index is 0.273. The molecule has 0 bridgehead atoms. The Labute approximate surface area is 78.5 Å². The van der Waals surface area contributed by atoms with Gasteiger partial charge in [0.1, 0.15) is 6.04 Å². The molecule has 3 heteroatoms. The van der Waals surface area contributed by atoms with Gasteiger partial charge in [0.25, 0.3) is 0 Å². The molecule has 2 unspecified atom stereocenters. The molecule has 2 fully saturated rings. The molecule has 0 aromatic carbocycles. The highest BCUT2D eigenvalue weighted by Gasteiger charge is 2.34. The summed E-state index contributed by atoms with van der Waals surface area (Å²) in [5.74, 6) is 0.751. The van der Waals surface area contributed by atoms with E-state index in [9.17, 15) is 4.79 Å². The van der Waals surface area contributed by atoms with Crippen molar-refractivity contribution < 1.29 is 9.90 Å². The van der Waals surface area contributed by atoms with E-state index in [4.69, 9.17) is 5.11 Å². The first-order valence-electron chi connectivity index (χ1n) is 5.23. The van der Waals surface area contributed by atoms with Gasteiger partial charge in [0.2, 0.25) is 0 Å². The molecular weight excluding hydrogens is 166 g/mol. The van der Waals surface area contributed by atoms with E-state index in [1.165, 1.54) is 25.7 Å². The highest BCUT2D eigenvalue weighted by molar-refractivity contribution is 5.73. The Morgan fingerprint density at radius 2 is 1.92 bits per heavy atom. The smallest absolute Gasteiger partial charge is 0.320 e. The van der Waals surface area contributed by atoms with Crippen LogP contribution in [0.15, 0.2) is 0 Å². The summed E-state index contributed by atoms with van der Waals surface area (Å²) in [6.07, 6.45) is 6.18. The van der Waals surface area contributed by atoms with Crippen molar-refractivity contribution in [2.45, 2.75) is 38.1 Å². The number of rotatable bonds is 2. The average molecular weight is 183 g/mol. The number of carboxylic acids is 1. The summed E-state index contributed by atoms with van der Waals surface area (Å²) >= 11 is 0. The summed E-state index contributed by atoms with van der Waals surface area (Å²) in [5.41, 5.74) is 0. The van der Waals surface area contributed by atoms with E-state index < -0.39 is 5.97 Å². The molecule has 0 radical (unpaired) electrons. The lowest BCUT2D eigenvalue weighted by Gasteiger charge is -2.15. The van der Waals surface area contributed by atoms with Gasteiger partial charge < -0.3 is 10.4 Å². The number of carbonyl (C=O) groups is 1. The van der Waals surface area contributed by atoms with Crippen LogP contribution in [0.3, 0.4) is 0 Å². The zero-order valence-corrected chi connectivity index (χ0v) is 7.83. The molecule has 0 spiro atoms. The monoisotopic (exact) mass is 183 g/mol. The van der Waals surface area contributed by atoms with E-state index in [2.05, 4.69) is 5.32 Å². The fourth-order valence-corrected chi connectivity index (χ4v) is 2.74. The fourth-order valence-electron chi connectivity index (χ4n) is 2.74. The lowest BCUT2D eigenvalue weighted by atomic mass is 9.89. The van der Waals surface area contributed by atoms with Crippen LogP contribution in [0.25, 0.3) is 0 Å². The molecule has 2 rings (SSSR count). The van der Waals surface area contributed by atoms with E-state index >= 15 is 0 Å². The molecule has 2 aliphatic rings. The summed E-state index contributed by atoms with van der Waals surface area (Å²) < 4.78 is 0. The molecule has 1 saturated carbocycles. The van der Waals surface area contributed by atoms with E-state index in [0.717, 1.165) is 18.9 Å². The predicted octanol–water partition coefficient (Wildman–Crippen LogP) is 1.24. The number of hydrogen-bond acceptors (Lipinski definition) is 2. The Morgan fingerprint density at radius 3 is 2.46 bits per heavy atom. The second-order valence-corrected chi connectivity index (χ2v) is 4.34. The first-order chi connectivity index (χ1) is 6.27. The highest BCUT2D eigenvalue weighted by atomic mass is 16.4. The first-order valence-corrected chi connectivity index (χ1v) is 5.23. The van der Waals surface area contributed by atoms with Gasteiger partial charge >= 0.3 is 5.97 Å². The van der Waals surface area contributed by atoms with Crippen LogP contribution in [-0.4, -0.2) is 23.7 Å². The summed E-state index contributed by atoms with van der Waals surface area (Å²) in [7, 11) is 0. The van der Waals surface area contributed by atoms with Crippen LogP contribution >= 0.6 is 0 Å². The van der Waals surface area contributed by atoms with Crippen LogP contribution in [0, 0.1) is 11.8 Å². The van der Waals surface area contributed by atoms with Crippen LogP contribution in [0.1, 0.15) is 32.1 Å². The zero-order chi connectivity index (χ0) is 9.26. The molecule has 0 aromatic rings. The second-order valence-electron chi connectivity index (χ2n) is 4.34. The predicted molar refractivity (Wildman–Crippen MR) is 49.5 cm³/mol. The minimum Gasteiger partial charge on any atom is -0.480 e. The Balaban J connectivity index is 1.86. The number of nitrogens with one attached hydrogen (secondary N) is 1. The van der Waals surface area contributed by atoms with Crippen LogP contribution in [0.2, 0.25) is 0 Å². The average Bonchev–Trinajstić information content (AvgIpc) is 2.75. The molecule has 3 nitrogen and oxygen atoms in total. The van der Waals surface area contributed by atoms with Crippen LogP contribution in [0.5, 0.6) is 0 Å². The highest BCUT2D eigenvalue weighted by Crippen LogP contribution is 2.35. The standard InChI is InChI=1S/C10H17NO2/c12-10(13)9-5-8(6-11-9)7-3-1-2-4-7/h7-9,11H,1-6H2,(H,12,13). The zero-order valence-electron chi connectivity index (χ0n) is 7.83. The maximum Gasteiger partial charge on any atom is 0.320 e. The van der Waals surface area contributed by atoms with Gasteiger partial charge in [0.05, 0.1) is 0 Å². The van der Waals surface area contributed by atoms with E-state index in [1.54, 1.807) is 0 Å². The minimum atomic E-state index is -0.680. The van der Waals surface area contributed by atoms with Crippen molar-refractivity contribution in [3.63, 3.8) is 0 Å². The first kappa shape index (κ1) is 9.00. The molecule has 1 aliphatic carbocycles. The molecule has 1 heterocycles. The van der Waals surface area contributed by atoms with Gasteiger partial charge in [-0.1, -0.05) is 25.7 Å². The third-order valence-corrected chi connectivity index (χ3v) is 3.53. The quantitative estimate of drug-likeness (QED) is 0.677. The van der Waals surface area contributed by atoms with Crippen molar-refractivity contribution in [3.05, 3.63) is 0 Å². The lowest BCUT2D eigenvalue weighted by molar-refractivity contribution is -0.139. The van der Waals surface area contributed by atoms with E-state index in [1.807, 2.05) is 0 Å². The van der Waals surface area contributed by atoms with Crippen molar-refractivity contribution in [2.24, 2.45) is 11.8 Å². The van der Waals surface area contributed by atoms with Gasteiger partial charge in [0, 0.05) is 0 Å². The van der Waals surface area contributed by atoms with Gasteiger partial charge in [-0.3, -0.25) is 4.79 Å². The van der Waals surface area contributed by atoms with Gasteiger partial charge in [-0.15, -0.1) is 0 Å². The molecule has 2 N–H and O–H groups in total. The number of aliphatic carboxylic acids is 1. The maximum absolute atomic E-state index is 10.7. The molecule has 2 atom stereocenters. The van der Waals surface area contributed by atoms with Gasteiger partial charge in [0.15, 0.2) is 0 Å². The van der Waals surface area contributed by atoms with E-state index in [0.29, 0.717) is 5.92 Å². The molecule has 1 aliphatic heterocycles. The molecule has 74 valence electrons. The Morgan fingerprint density at radius 1 is 1.23 bits per heavy atom. The maximum atomic E-state index is 10.7. The Bertz CT molecular complexity index is 199. The fraction of sp³-hybridized carbons (Fsp3) is 0.900. The number of hydrogen-bond donors (Lipinski definition) is 2. The van der Waals surface area contributed by atoms with Gasteiger partial charge in [-0.2, -0.15) is 0 Å². The van der Waals surface area contributed by atoms with Crippen molar-refractivity contribution in [2.75, 3.05) is 6.54 Å². The summed E-state index contributed by atoms with van der Waals surface area (Å²) in [6, 6.07) is -0.273. The van der Waals surface area contributed by atoms with Gasteiger partial charge in [-0.25, -0.2) is 0 Å². The molecular formula is C10H17NO2. The van der Waals surface area contributed by atoms with E-state index in [-0.39, 0.29) is 6.04 Å². The van der Waals surface area contributed by atoms with Crippen LogP contribution < -0.4 is 5.32 Å².